The van der Waals surface area contributed by atoms with Crippen LogP contribution in [0.2, 0.25) is 0 Å². The van der Waals surface area contributed by atoms with Gasteiger partial charge in [0.2, 0.25) is 0 Å². The van der Waals surface area contributed by atoms with Gasteiger partial charge in [0, 0.05) is 0 Å². The van der Waals surface area contributed by atoms with E-state index in [4.69, 9.17) is 10.5 Å². The van der Waals surface area contributed by atoms with E-state index < -0.39 is 12.5 Å². The summed E-state index contributed by atoms with van der Waals surface area (Å²) in [4.78, 5) is 0. The lowest BCUT2D eigenvalue weighted by atomic mass is 10.0. The van der Waals surface area contributed by atoms with Crippen LogP contribution in [0.1, 0.15) is 17.2 Å². The number of rotatable bonds is 3. The number of methoxy groups -OCH3 is 1. The fourth-order valence-electron chi connectivity index (χ4n) is 1.25. The van der Waals surface area contributed by atoms with Gasteiger partial charge in [-0.05, 0) is 24.1 Å². The van der Waals surface area contributed by atoms with Gasteiger partial charge in [-0.2, -0.15) is 0 Å². The molecule has 0 aliphatic carbocycles. The molecule has 0 saturated heterocycles. The highest BCUT2D eigenvalue weighted by Crippen LogP contribution is 2.24. The molecule has 1 aromatic rings. The average molecular weight is 238 g/mol. The molecule has 1 atom stereocenters. The molecule has 0 aliphatic rings. The zero-order chi connectivity index (χ0) is 10.7. The first-order valence-corrected chi connectivity index (χ1v) is 4.24. The summed E-state index contributed by atoms with van der Waals surface area (Å²) in [6, 6.07) is 3.60. The monoisotopic (exact) mass is 237 g/mol. The van der Waals surface area contributed by atoms with Gasteiger partial charge < -0.3 is 10.5 Å². The Morgan fingerprint density at radius 2 is 1.93 bits per heavy atom. The van der Waals surface area contributed by atoms with E-state index in [1.807, 2.05) is 0 Å². The Labute approximate surface area is 93.8 Å². The Morgan fingerprint density at radius 1 is 1.33 bits per heavy atom. The van der Waals surface area contributed by atoms with Gasteiger partial charge in [-0.15, -0.1) is 12.4 Å². The van der Waals surface area contributed by atoms with Crippen molar-refractivity contribution in [3.8, 4) is 5.75 Å². The van der Waals surface area contributed by atoms with Crippen LogP contribution in [0, 0.1) is 6.92 Å². The number of nitrogens with two attached hydrogens (primary N) is 1. The van der Waals surface area contributed by atoms with E-state index in [9.17, 15) is 8.78 Å². The molecular formula is C10H14ClF2NO. The minimum Gasteiger partial charge on any atom is -0.496 e. The summed E-state index contributed by atoms with van der Waals surface area (Å²) in [5.74, 6) is 0.676. The molecule has 0 heterocycles. The van der Waals surface area contributed by atoms with Gasteiger partial charge >= 0.3 is 0 Å². The zero-order valence-corrected chi connectivity index (χ0v) is 9.35. The minimum absolute atomic E-state index is 0. The molecule has 0 aliphatic heterocycles. The SMILES string of the molecule is COc1ccc([C@@H](N)C(F)F)cc1C.Cl. The first-order valence-electron chi connectivity index (χ1n) is 4.24. The molecule has 2 N–H and O–H groups in total. The molecule has 0 aromatic heterocycles. The van der Waals surface area contributed by atoms with Crippen LogP contribution in [0.4, 0.5) is 8.78 Å². The molecule has 1 rings (SSSR count). The normalized spacial score (nSPS) is 12.1. The Bertz CT molecular complexity index is 320. The van der Waals surface area contributed by atoms with E-state index >= 15 is 0 Å². The highest BCUT2D eigenvalue weighted by Gasteiger charge is 2.17. The van der Waals surface area contributed by atoms with Crippen molar-refractivity contribution in [2.75, 3.05) is 7.11 Å². The molecule has 0 unspecified atom stereocenters. The van der Waals surface area contributed by atoms with Gasteiger partial charge in [0.15, 0.2) is 0 Å². The Kier molecular flexibility index (Phi) is 5.54. The van der Waals surface area contributed by atoms with Crippen molar-refractivity contribution in [3.05, 3.63) is 29.3 Å². The Balaban J connectivity index is 0.00000196. The van der Waals surface area contributed by atoms with Crippen LogP contribution in [0.25, 0.3) is 0 Å². The lowest BCUT2D eigenvalue weighted by molar-refractivity contribution is 0.116. The molecule has 0 amide bonds. The van der Waals surface area contributed by atoms with Crippen molar-refractivity contribution >= 4 is 12.4 Å². The van der Waals surface area contributed by atoms with Crippen molar-refractivity contribution in [3.63, 3.8) is 0 Å². The van der Waals surface area contributed by atoms with E-state index in [1.165, 1.54) is 7.11 Å². The second-order valence-corrected chi connectivity index (χ2v) is 3.09. The van der Waals surface area contributed by atoms with E-state index in [0.717, 1.165) is 5.56 Å². The van der Waals surface area contributed by atoms with Crippen LogP contribution >= 0.6 is 12.4 Å². The van der Waals surface area contributed by atoms with Gasteiger partial charge in [0.1, 0.15) is 5.75 Å². The molecule has 0 fully saturated rings. The van der Waals surface area contributed by atoms with E-state index in [0.29, 0.717) is 11.3 Å². The van der Waals surface area contributed by atoms with Crippen molar-refractivity contribution in [1.82, 2.24) is 0 Å². The van der Waals surface area contributed by atoms with Crippen molar-refractivity contribution in [1.29, 1.82) is 0 Å². The van der Waals surface area contributed by atoms with Gasteiger partial charge in [0.25, 0.3) is 6.43 Å². The highest BCUT2D eigenvalue weighted by molar-refractivity contribution is 5.85. The maximum Gasteiger partial charge on any atom is 0.257 e. The molecule has 15 heavy (non-hydrogen) atoms. The van der Waals surface area contributed by atoms with Crippen LogP contribution in [-0.2, 0) is 0 Å². The summed E-state index contributed by atoms with van der Waals surface area (Å²) >= 11 is 0. The van der Waals surface area contributed by atoms with Gasteiger partial charge in [-0.1, -0.05) is 12.1 Å². The second kappa shape index (κ2) is 5.88. The molecule has 0 spiro atoms. The van der Waals surface area contributed by atoms with E-state index in [-0.39, 0.29) is 12.4 Å². The quantitative estimate of drug-likeness (QED) is 0.877. The lowest BCUT2D eigenvalue weighted by Crippen LogP contribution is -2.18. The van der Waals surface area contributed by atoms with Crippen molar-refractivity contribution in [2.45, 2.75) is 19.4 Å². The fourth-order valence-corrected chi connectivity index (χ4v) is 1.25. The van der Waals surface area contributed by atoms with Crippen LogP contribution in [0.15, 0.2) is 18.2 Å². The maximum absolute atomic E-state index is 12.3. The number of benzene rings is 1. The zero-order valence-electron chi connectivity index (χ0n) is 8.54. The van der Waals surface area contributed by atoms with Gasteiger partial charge in [-0.3, -0.25) is 0 Å². The first-order chi connectivity index (χ1) is 6.56. The van der Waals surface area contributed by atoms with Crippen molar-refractivity contribution < 1.29 is 13.5 Å². The largest absolute Gasteiger partial charge is 0.496 e. The van der Waals surface area contributed by atoms with E-state index in [1.54, 1.807) is 25.1 Å². The van der Waals surface area contributed by atoms with Crippen molar-refractivity contribution in [2.24, 2.45) is 5.73 Å². The third-order valence-corrected chi connectivity index (χ3v) is 2.08. The number of alkyl halides is 2. The molecule has 0 radical (unpaired) electrons. The van der Waals surface area contributed by atoms with Crippen LogP contribution in [-0.4, -0.2) is 13.5 Å². The predicted octanol–water partition coefficient (Wildman–Crippen LogP) is 2.69. The number of hydrogen-bond donors (Lipinski definition) is 1. The summed E-state index contributed by atoms with van der Waals surface area (Å²) < 4.78 is 29.6. The molecule has 5 heteroatoms. The Morgan fingerprint density at radius 3 is 2.33 bits per heavy atom. The molecular weight excluding hydrogens is 224 g/mol. The molecule has 2 nitrogen and oxygen atoms in total. The first kappa shape index (κ1) is 14.1. The maximum atomic E-state index is 12.3. The number of aryl methyl sites for hydroxylation is 1. The smallest absolute Gasteiger partial charge is 0.257 e. The molecule has 86 valence electrons. The third kappa shape index (κ3) is 3.32. The average Bonchev–Trinajstić information content (AvgIpc) is 2.16. The highest BCUT2D eigenvalue weighted by atomic mass is 35.5. The Hall–Kier alpha value is -0.870. The van der Waals surface area contributed by atoms with Crippen LogP contribution in [0.3, 0.4) is 0 Å². The summed E-state index contributed by atoms with van der Waals surface area (Å²) in [6.07, 6.45) is -2.54. The summed E-state index contributed by atoms with van der Waals surface area (Å²) in [5.41, 5.74) is 6.54. The number of ether oxygens (including phenoxy) is 1. The van der Waals surface area contributed by atoms with Gasteiger partial charge in [0.05, 0.1) is 13.2 Å². The standard InChI is InChI=1S/C10H13F2NO.ClH/c1-6-5-7(9(13)10(11)12)3-4-8(6)14-2;/h3-5,9-10H,13H2,1-2H3;1H/t9-;/m1./s1. The lowest BCUT2D eigenvalue weighted by Gasteiger charge is -2.12. The topological polar surface area (TPSA) is 35.2 Å². The number of halogens is 3. The minimum atomic E-state index is -2.54. The summed E-state index contributed by atoms with van der Waals surface area (Å²) in [7, 11) is 1.54. The van der Waals surface area contributed by atoms with Crippen LogP contribution < -0.4 is 10.5 Å². The molecule has 0 bridgehead atoms. The molecule has 1 aromatic carbocycles. The second-order valence-electron chi connectivity index (χ2n) is 3.09. The van der Waals surface area contributed by atoms with Crippen LogP contribution in [0.5, 0.6) is 5.75 Å². The van der Waals surface area contributed by atoms with E-state index in [2.05, 4.69) is 0 Å². The predicted molar refractivity (Wildman–Crippen MR) is 57.9 cm³/mol. The van der Waals surface area contributed by atoms with Gasteiger partial charge in [-0.25, -0.2) is 8.78 Å². The fraction of sp³-hybridized carbons (Fsp3) is 0.400. The summed E-state index contributed by atoms with van der Waals surface area (Å²) in [5, 5.41) is 0. The third-order valence-electron chi connectivity index (χ3n) is 2.08. The summed E-state index contributed by atoms with van der Waals surface area (Å²) in [6.45, 7) is 1.79. The molecule has 0 saturated carbocycles. The number of hydrogen-bond acceptors (Lipinski definition) is 2.